The largest absolute Gasteiger partial charge is 0.352 e. The van der Waals surface area contributed by atoms with Crippen molar-refractivity contribution in [1.29, 1.82) is 0 Å². The summed E-state index contributed by atoms with van der Waals surface area (Å²) < 4.78 is 0. The number of nitrogens with one attached hydrogen (secondary N) is 2. The van der Waals surface area contributed by atoms with Crippen molar-refractivity contribution in [3.63, 3.8) is 0 Å². The van der Waals surface area contributed by atoms with E-state index in [1.165, 1.54) is 0 Å². The van der Waals surface area contributed by atoms with Crippen molar-refractivity contribution >= 4 is 5.91 Å². The molecule has 106 valence electrons. The lowest BCUT2D eigenvalue weighted by Crippen LogP contribution is -2.22. The highest BCUT2D eigenvalue weighted by Crippen LogP contribution is 2.14. The molecular weight excluding hydrogens is 254 g/mol. The van der Waals surface area contributed by atoms with Crippen LogP contribution >= 0.6 is 0 Å². The van der Waals surface area contributed by atoms with Crippen molar-refractivity contribution in [2.75, 3.05) is 0 Å². The molecule has 0 aliphatic heterocycles. The van der Waals surface area contributed by atoms with Crippen LogP contribution in [0, 0.1) is 0 Å². The Kier molecular flexibility index (Phi) is 5.23. The van der Waals surface area contributed by atoms with E-state index < -0.39 is 0 Å². The van der Waals surface area contributed by atoms with Gasteiger partial charge in [-0.3, -0.25) is 4.79 Å². The molecule has 0 fully saturated rings. The van der Waals surface area contributed by atoms with Gasteiger partial charge in [0, 0.05) is 18.5 Å². The molecule has 1 heterocycles. The van der Waals surface area contributed by atoms with Crippen LogP contribution in [0.5, 0.6) is 0 Å². The van der Waals surface area contributed by atoms with Gasteiger partial charge in [0.25, 0.3) is 0 Å². The summed E-state index contributed by atoms with van der Waals surface area (Å²) in [5, 5.41) is 16.6. The first-order valence-corrected chi connectivity index (χ1v) is 6.89. The van der Waals surface area contributed by atoms with E-state index in [4.69, 9.17) is 0 Å². The summed E-state index contributed by atoms with van der Waals surface area (Å²) in [6.07, 6.45) is 3.77. The number of carbonyl (C=O) groups excluding carboxylic acids is 1. The van der Waals surface area contributed by atoms with Gasteiger partial charge in [0.2, 0.25) is 5.91 Å². The molecule has 0 aliphatic rings. The van der Waals surface area contributed by atoms with E-state index in [2.05, 4.69) is 32.9 Å². The summed E-state index contributed by atoms with van der Waals surface area (Å²) in [6, 6.07) is 7.79. The highest BCUT2D eigenvalue weighted by atomic mass is 16.1. The van der Waals surface area contributed by atoms with Crippen LogP contribution in [-0.4, -0.2) is 26.5 Å². The minimum atomic E-state index is 0.102. The molecule has 6 heteroatoms. The first kappa shape index (κ1) is 14.2. The van der Waals surface area contributed by atoms with Gasteiger partial charge in [0.15, 0.2) is 5.82 Å². The Balaban J connectivity index is 1.87. The molecule has 1 amide bonds. The first-order chi connectivity index (χ1) is 9.79. The van der Waals surface area contributed by atoms with Gasteiger partial charge in [-0.15, -0.1) is 5.10 Å². The molecular formula is C14H19N5O. The Morgan fingerprint density at radius 1 is 1.35 bits per heavy atom. The van der Waals surface area contributed by atoms with Crippen molar-refractivity contribution in [2.45, 2.75) is 39.2 Å². The van der Waals surface area contributed by atoms with Gasteiger partial charge in [0.1, 0.15) is 0 Å². The second-order valence-corrected chi connectivity index (χ2v) is 4.68. The predicted molar refractivity (Wildman–Crippen MR) is 75.6 cm³/mol. The molecule has 0 spiro atoms. The lowest BCUT2D eigenvalue weighted by atomic mass is 10.1. The van der Waals surface area contributed by atoms with Gasteiger partial charge in [0.05, 0.1) is 0 Å². The second-order valence-electron chi connectivity index (χ2n) is 4.68. The number of hydrogen-bond donors (Lipinski definition) is 2. The molecule has 0 bridgehead atoms. The number of aromatic nitrogens is 4. The van der Waals surface area contributed by atoms with Crippen LogP contribution in [0.4, 0.5) is 0 Å². The van der Waals surface area contributed by atoms with Crippen LogP contribution in [0.3, 0.4) is 0 Å². The SMILES string of the molecule is CCCCCC(=O)NCc1cccc(-c2nnn[nH]2)c1. The molecule has 2 rings (SSSR count). The molecule has 2 aromatic rings. The van der Waals surface area contributed by atoms with Crippen molar-refractivity contribution in [3.8, 4) is 11.4 Å². The number of aromatic amines is 1. The minimum absolute atomic E-state index is 0.102. The number of unbranched alkanes of at least 4 members (excludes halogenated alkanes) is 2. The molecule has 6 nitrogen and oxygen atoms in total. The fourth-order valence-corrected chi connectivity index (χ4v) is 1.93. The average molecular weight is 273 g/mol. The van der Waals surface area contributed by atoms with E-state index in [-0.39, 0.29) is 5.91 Å². The molecule has 1 aromatic heterocycles. The van der Waals surface area contributed by atoms with Crippen LogP contribution in [0.1, 0.15) is 38.2 Å². The van der Waals surface area contributed by atoms with Crippen LogP contribution in [0.25, 0.3) is 11.4 Å². The van der Waals surface area contributed by atoms with Crippen LogP contribution in [0.2, 0.25) is 0 Å². The van der Waals surface area contributed by atoms with Gasteiger partial charge in [-0.05, 0) is 28.5 Å². The van der Waals surface area contributed by atoms with E-state index in [0.29, 0.717) is 18.8 Å². The fraction of sp³-hybridized carbons (Fsp3) is 0.429. The number of benzene rings is 1. The third-order valence-electron chi connectivity index (χ3n) is 3.04. The first-order valence-electron chi connectivity index (χ1n) is 6.89. The van der Waals surface area contributed by atoms with Crippen molar-refractivity contribution in [3.05, 3.63) is 29.8 Å². The monoisotopic (exact) mass is 273 g/mol. The standard InChI is InChI=1S/C14H19N5O/c1-2-3-4-8-13(20)15-10-11-6-5-7-12(9-11)14-16-18-19-17-14/h5-7,9H,2-4,8,10H2,1H3,(H,15,20)(H,16,17,18,19). The zero-order valence-electron chi connectivity index (χ0n) is 11.6. The molecule has 0 atom stereocenters. The quantitative estimate of drug-likeness (QED) is 0.756. The van der Waals surface area contributed by atoms with E-state index in [1.54, 1.807) is 0 Å². The highest BCUT2D eigenvalue weighted by molar-refractivity contribution is 5.75. The zero-order valence-corrected chi connectivity index (χ0v) is 11.6. The molecule has 0 unspecified atom stereocenters. The summed E-state index contributed by atoms with van der Waals surface area (Å²) in [6.45, 7) is 2.65. The Morgan fingerprint density at radius 2 is 2.25 bits per heavy atom. The number of amides is 1. The van der Waals surface area contributed by atoms with Crippen molar-refractivity contribution in [1.82, 2.24) is 25.9 Å². The van der Waals surface area contributed by atoms with Crippen LogP contribution < -0.4 is 5.32 Å². The van der Waals surface area contributed by atoms with Gasteiger partial charge in [-0.2, -0.15) is 0 Å². The number of nitrogens with zero attached hydrogens (tertiary/aromatic N) is 3. The number of rotatable bonds is 7. The maximum Gasteiger partial charge on any atom is 0.220 e. The maximum absolute atomic E-state index is 11.7. The Morgan fingerprint density at radius 3 is 3.00 bits per heavy atom. The van der Waals surface area contributed by atoms with Crippen LogP contribution in [-0.2, 0) is 11.3 Å². The third-order valence-corrected chi connectivity index (χ3v) is 3.04. The van der Waals surface area contributed by atoms with Crippen molar-refractivity contribution < 1.29 is 4.79 Å². The number of carbonyl (C=O) groups is 1. The fourth-order valence-electron chi connectivity index (χ4n) is 1.93. The Bertz CT molecular complexity index is 538. The lowest BCUT2D eigenvalue weighted by molar-refractivity contribution is -0.121. The summed E-state index contributed by atoms with van der Waals surface area (Å²) in [5.74, 6) is 0.728. The molecule has 20 heavy (non-hydrogen) atoms. The molecule has 2 N–H and O–H groups in total. The van der Waals surface area contributed by atoms with Crippen molar-refractivity contribution in [2.24, 2.45) is 0 Å². The molecule has 0 saturated carbocycles. The normalized spacial score (nSPS) is 10.4. The van der Waals surface area contributed by atoms with E-state index in [0.717, 1.165) is 30.4 Å². The molecule has 0 aliphatic carbocycles. The third kappa shape index (κ3) is 4.15. The second kappa shape index (κ2) is 7.37. The van der Waals surface area contributed by atoms with Gasteiger partial charge < -0.3 is 5.32 Å². The van der Waals surface area contributed by atoms with Gasteiger partial charge in [-0.25, -0.2) is 5.10 Å². The molecule has 1 aromatic carbocycles. The summed E-state index contributed by atoms with van der Waals surface area (Å²) in [4.78, 5) is 11.7. The predicted octanol–water partition coefficient (Wildman–Crippen LogP) is 2.06. The summed E-state index contributed by atoms with van der Waals surface area (Å²) in [7, 11) is 0. The Labute approximate surface area is 118 Å². The van der Waals surface area contributed by atoms with E-state index >= 15 is 0 Å². The molecule has 0 saturated heterocycles. The smallest absolute Gasteiger partial charge is 0.220 e. The highest BCUT2D eigenvalue weighted by Gasteiger charge is 2.04. The Hall–Kier alpha value is -2.24. The topological polar surface area (TPSA) is 83.6 Å². The molecule has 0 radical (unpaired) electrons. The number of hydrogen-bond acceptors (Lipinski definition) is 4. The lowest BCUT2D eigenvalue weighted by Gasteiger charge is -2.06. The van der Waals surface area contributed by atoms with E-state index in [1.807, 2.05) is 24.3 Å². The number of tetrazole rings is 1. The summed E-state index contributed by atoms with van der Waals surface area (Å²) >= 11 is 0. The number of H-pyrrole nitrogens is 1. The van der Waals surface area contributed by atoms with Gasteiger partial charge >= 0.3 is 0 Å². The summed E-state index contributed by atoms with van der Waals surface area (Å²) in [5.41, 5.74) is 1.94. The van der Waals surface area contributed by atoms with E-state index in [9.17, 15) is 4.79 Å². The minimum Gasteiger partial charge on any atom is -0.352 e. The average Bonchev–Trinajstić information content (AvgIpc) is 3.00. The maximum atomic E-state index is 11.7. The van der Waals surface area contributed by atoms with Crippen LogP contribution in [0.15, 0.2) is 24.3 Å². The zero-order chi connectivity index (χ0) is 14.2. The van der Waals surface area contributed by atoms with Gasteiger partial charge in [-0.1, -0.05) is 38.0 Å².